The highest BCUT2D eigenvalue weighted by molar-refractivity contribution is 5.89. The number of rotatable bonds is 3. The minimum atomic E-state index is -0.00468. The highest BCUT2D eigenvalue weighted by Gasteiger charge is 1.86. The van der Waals surface area contributed by atoms with Crippen LogP contribution in [0.1, 0.15) is 6.92 Å². The summed E-state index contributed by atoms with van der Waals surface area (Å²) in [5.41, 5.74) is 5.09. The topological polar surface area (TPSA) is 74.3 Å². The smallest absolute Gasteiger partial charge is 0.128 e. The van der Waals surface area contributed by atoms with Crippen LogP contribution in [0.4, 0.5) is 0 Å². The Morgan fingerprint density at radius 2 is 2.30 bits per heavy atom. The zero-order chi connectivity index (χ0) is 7.98. The normalized spacial score (nSPS) is 12.0. The Balaban J connectivity index is 4.18. The van der Waals surface area contributed by atoms with Gasteiger partial charge in [0.25, 0.3) is 0 Å². The van der Waals surface area contributed by atoms with Crippen molar-refractivity contribution in [3.63, 3.8) is 0 Å². The second kappa shape index (κ2) is 4.55. The number of nitrogens with two attached hydrogens (primary N) is 1. The summed E-state index contributed by atoms with van der Waals surface area (Å²) < 4.78 is 0. The first-order valence-electron chi connectivity index (χ1n) is 2.93. The summed E-state index contributed by atoms with van der Waals surface area (Å²) >= 11 is 0. The van der Waals surface area contributed by atoms with Crippen molar-refractivity contribution in [1.82, 2.24) is 5.32 Å². The first kappa shape index (κ1) is 8.68. The molecule has 0 aliphatic heterocycles. The maximum Gasteiger partial charge on any atom is 0.128 e. The molecule has 0 rings (SSSR count). The van der Waals surface area contributed by atoms with Crippen molar-refractivity contribution >= 4 is 12.1 Å². The molecule has 0 amide bonds. The van der Waals surface area contributed by atoms with Gasteiger partial charge in [0, 0.05) is 19.3 Å². The first-order valence-corrected chi connectivity index (χ1v) is 2.93. The molecule has 0 radical (unpaired) electrons. The van der Waals surface area contributed by atoms with Gasteiger partial charge in [-0.15, -0.1) is 0 Å². The maximum atomic E-state index is 6.89. The van der Waals surface area contributed by atoms with Crippen molar-refractivity contribution in [2.45, 2.75) is 6.92 Å². The predicted octanol–water partition coefficient (Wildman–Crippen LogP) is 0.0739. The van der Waals surface area contributed by atoms with E-state index in [0.29, 0.717) is 5.82 Å². The van der Waals surface area contributed by atoms with Gasteiger partial charge in [-0.3, -0.25) is 5.41 Å². The minimum Gasteiger partial charge on any atom is -0.384 e. The van der Waals surface area contributed by atoms with Crippen molar-refractivity contribution in [2.24, 2.45) is 10.7 Å². The van der Waals surface area contributed by atoms with Crippen LogP contribution < -0.4 is 11.1 Å². The standard InChI is InChI=1S/C6H12N4/c1-3-10-6(9-2)4-5(7)8/h3-4,9H,1-2H3,(H3,7,8)/b6-4-,10-3-. The molecule has 4 heteroatoms. The zero-order valence-electron chi connectivity index (χ0n) is 6.18. The van der Waals surface area contributed by atoms with Crippen molar-refractivity contribution in [3.8, 4) is 0 Å². The largest absolute Gasteiger partial charge is 0.384 e. The Morgan fingerprint density at radius 3 is 2.60 bits per heavy atom. The summed E-state index contributed by atoms with van der Waals surface area (Å²) in [6.45, 7) is 1.80. The van der Waals surface area contributed by atoms with E-state index in [2.05, 4.69) is 10.3 Å². The molecule has 56 valence electrons. The third-order valence-electron chi connectivity index (χ3n) is 0.817. The fourth-order valence-corrected chi connectivity index (χ4v) is 0.460. The lowest BCUT2D eigenvalue weighted by Gasteiger charge is -1.96. The summed E-state index contributed by atoms with van der Waals surface area (Å²) in [4.78, 5) is 3.89. The number of nitrogens with one attached hydrogen (secondary N) is 2. The Hall–Kier alpha value is -1.32. The highest BCUT2D eigenvalue weighted by atomic mass is 15.0. The Kier molecular flexibility index (Phi) is 3.95. The van der Waals surface area contributed by atoms with Crippen molar-refractivity contribution in [2.75, 3.05) is 7.05 Å². The lowest BCUT2D eigenvalue weighted by Crippen LogP contribution is -2.11. The molecule has 0 atom stereocenters. The van der Waals surface area contributed by atoms with E-state index in [1.165, 1.54) is 6.08 Å². The molecule has 0 saturated carbocycles. The maximum absolute atomic E-state index is 6.89. The average molecular weight is 140 g/mol. The van der Waals surface area contributed by atoms with Crippen LogP contribution in [0.2, 0.25) is 0 Å². The molecule has 4 nitrogen and oxygen atoms in total. The molecule has 4 N–H and O–H groups in total. The second-order valence-electron chi connectivity index (χ2n) is 1.62. The van der Waals surface area contributed by atoms with Gasteiger partial charge in [-0.1, -0.05) is 0 Å². The predicted molar refractivity (Wildman–Crippen MR) is 43.2 cm³/mol. The van der Waals surface area contributed by atoms with Gasteiger partial charge in [0.15, 0.2) is 0 Å². The Morgan fingerprint density at radius 1 is 1.70 bits per heavy atom. The first-order chi connectivity index (χ1) is 4.70. The molecule has 0 aromatic rings. The lowest BCUT2D eigenvalue weighted by atomic mass is 10.5. The molecule has 0 unspecified atom stereocenters. The molecule has 0 heterocycles. The van der Waals surface area contributed by atoms with E-state index in [9.17, 15) is 0 Å². The summed E-state index contributed by atoms with van der Waals surface area (Å²) in [7, 11) is 1.72. The van der Waals surface area contributed by atoms with E-state index in [1.54, 1.807) is 20.2 Å². The number of hydrogen-bond acceptors (Lipinski definition) is 3. The molecule has 0 bridgehead atoms. The van der Waals surface area contributed by atoms with Crippen LogP contribution >= 0.6 is 0 Å². The Labute approximate surface area is 60.3 Å². The van der Waals surface area contributed by atoms with Crippen LogP contribution in [0.15, 0.2) is 16.9 Å². The van der Waals surface area contributed by atoms with E-state index in [-0.39, 0.29) is 5.84 Å². The molecule has 0 aliphatic carbocycles. The van der Waals surface area contributed by atoms with Gasteiger partial charge in [0.2, 0.25) is 0 Å². The van der Waals surface area contributed by atoms with Crippen LogP contribution in [0.5, 0.6) is 0 Å². The van der Waals surface area contributed by atoms with Gasteiger partial charge in [0.05, 0.1) is 0 Å². The van der Waals surface area contributed by atoms with Gasteiger partial charge in [0.1, 0.15) is 11.7 Å². The molecular formula is C6H12N4. The minimum absolute atomic E-state index is 0.00468. The fourth-order valence-electron chi connectivity index (χ4n) is 0.460. The van der Waals surface area contributed by atoms with E-state index < -0.39 is 0 Å². The summed E-state index contributed by atoms with van der Waals surface area (Å²) in [5, 5.41) is 9.67. The highest BCUT2D eigenvalue weighted by Crippen LogP contribution is 1.86. The van der Waals surface area contributed by atoms with Gasteiger partial charge < -0.3 is 11.1 Å². The summed E-state index contributed by atoms with van der Waals surface area (Å²) in [6, 6.07) is 0. The van der Waals surface area contributed by atoms with E-state index >= 15 is 0 Å². The zero-order valence-corrected chi connectivity index (χ0v) is 6.18. The monoisotopic (exact) mass is 140 g/mol. The van der Waals surface area contributed by atoms with Crippen LogP contribution in [0, 0.1) is 5.41 Å². The number of nitrogens with zero attached hydrogens (tertiary/aromatic N) is 1. The lowest BCUT2D eigenvalue weighted by molar-refractivity contribution is 0.969. The van der Waals surface area contributed by atoms with Crippen LogP contribution in [-0.2, 0) is 0 Å². The summed E-state index contributed by atoms with van der Waals surface area (Å²) in [5.74, 6) is 0.588. The molecule has 10 heavy (non-hydrogen) atoms. The molecule has 0 saturated heterocycles. The van der Waals surface area contributed by atoms with Gasteiger partial charge >= 0.3 is 0 Å². The SMILES string of the molecule is C/C=N\C(=C/C(=N)N)NC. The molecular weight excluding hydrogens is 128 g/mol. The van der Waals surface area contributed by atoms with Gasteiger partial charge in [-0.25, -0.2) is 4.99 Å². The molecule has 0 aromatic heterocycles. The van der Waals surface area contributed by atoms with Crippen molar-refractivity contribution < 1.29 is 0 Å². The van der Waals surface area contributed by atoms with Gasteiger partial charge in [-0.05, 0) is 6.92 Å². The van der Waals surface area contributed by atoms with Crippen LogP contribution in [-0.4, -0.2) is 19.1 Å². The van der Waals surface area contributed by atoms with Crippen molar-refractivity contribution in [1.29, 1.82) is 5.41 Å². The third kappa shape index (κ3) is 3.65. The number of aliphatic imine (C=N–C) groups is 1. The molecule has 0 aromatic carbocycles. The van der Waals surface area contributed by atoms with Crippen LogP contribution in [0.3, 0.4) is 0 Å². The Bertz CT molecular complexity index is 169. The fraction of sp³-hybridized carbons (Fsp3) is 0.333. The number of hydrogen-bond donors (Lipinski definition) is 3. The third-order valence-corrected chi connectivity index (χ3v) is 0.817. The van der Waals surface area contributed by atoms with E-state index in [4.69, 9.17) is 11.1 Å². The average Bonchev–Trinajstić information content (AvgIpc) is 1.86. The summed E-state index contributed by atoms with van der Waals surface area (Å²) in [6.07, 6.45) is 3.07. The quantitative estimate of drug-likeness (QED) is 0.383. The second-order valence-corrected chi connectivity index (χ2v) is 1.62. The van der Waals surface area contributed by atoms with Gasteiger partial charge in [-0.2, -0.15) is 0 Å². The van der Waals surface area contributed by atoms with E-state index in [1.807, 2.05) is 0 Å². The van der Waals surface area contributed by atoms with E-state index in [0.717, 1.165) is 0 Å². The molecule has 0 aliphatic rings. The molecule has 0 spiro atoms. The van der Waals surface area contributed by atoms with Crippen molar-refractivity contribution in [3.05, 3.63) is 11.9 Å². The number of amidine groups is 1. The van der Waals surface area contributed by atoms with Crippen LogP contribution in [0.25, 0.3) is 0 Å². The molecule has 0 fully saturated rings.